The highest BCUT2D eigenvalue weighted by Crippen LogP contribution is 2.22. The van der Waals surface area contributed by atoms with Gasteiger partial charge in [0, 0.05) is 25.2 Å². The number of rotatable bonds is 5. The molecule has 22 heavy (non-hydrogen) atoms. The number of fused-ring (bicyclic) bond motifs is 1. The number of morpholine rings is 1. The summed E-state index contributed by atoms with van der Waals surface area (Å²) in [5.41, 5.74) is 6.28. The maximum Gasteiger partial charge on any atom is 0.122 e. The zero-order valence-electron chi connectivity index (χ0n) is 12.5. The zero-order valence-corrected chi connectivity index (χ0v) is 12.5. The molecule has 0 aromatic heterocycles. The van der Waals surface area contributed by atoms with Crippen molar-refractivity contribution in [2.75, 3.05) is 39.5 Å². The molecule has 0 spiro atoms. The lowest BCUT2D eigenvalue weighted by Gasteiger charge is -2.26. The Kier molecular flexibility index (Phi) is 4.56. The monoisotopic (exact) mass is 299 g/mol. The normalized spacial score (nSPS) is 15.8. The molecule has 0 atom stereocenters. The van der Waals surface area contributed by atoms with Crippen LogP contribution in [-0.2, 0) is 4.74 Å². The van der Waals surface area contributed by atoms with Crippen LogP contribution in [0.2, 0.25) is 0 Å². The summed E-state index contributed by atoms with van der Waals surface area (Å²) in [4.78, 5) is 2.35. The number of nitrogens with one attached hydrogen (secondary N) is 1. The first-order valence-electron chi connectivity index (χ1n) is 7.53. The summed E-state index contributed by atoms with van der Waals surface area (Å²) in [7, 11) is 0. The molecular formula is C17H21N3O2. The minimum absolute atomic E-state index is 0.0838. The zero-order chi connectivity index (χ0) is 15.4. The molecule has 0 aliphatic carbocycles. The van der Waals surface area contributed by atoms with Crippen LogP contribution in [0.15, 0.2) is 36.4 Å². The molecule has 1 saturated heterocycles. The van der Waals surface area contributed by atoms with Crippen LogP contribution in [0.1, 0.15) is 5.56 Å². The molecule has 3 N–H and O–H groups in total. The standard InChI is InChI=1S/C17H21N3O2/c18-17(19)14-2-1-13-3-4-16(12-15(13)11-14)22-10-7-20-5-8-21-9-6-20/h1-4,11-12H,5-10H2,(H3,18,19). The molecule has 116 valence electrons. The van der Waals surface area contributed by atoms with Gasteiger partial charge in [-0.2, -0.15) is 0 Å². The van der Waals surface area contributed by atoms with Crippen molar-refractivity contribution in [3.8, 4) is 5.75 Å². The highest BCUT2D eigenvalue weighted by atomic mass is 16.5. The number of ether oxygens (including phenoxy) is 2. The van der Waals surface area contributed by atoms with E-state index in [0.717, 1.165) is 54.9 Å². The van der Waals surface area contributed by atoms with Gasteiger partial charge in [0.25, 0.3) is 0 Å². The van der Waals surface area contributed by atoms with Gasteiger partial charge in [-0.1, -0.05) is 18.2 Å². The van der Waals surface area contributed by atoms with Crippen molar-refractivity contribution in [3.63, 3.8) is 0 Å². The fourth-order valence-corrected chi connectivity index (χ4v) is 2.60. The first kappa shape index (κ1) is 14.8. The third-order valence-electron chi connectivity index (χ3n) is 3.90. The van der Waals surface area contributed by atoms with Gasteiger partial charge in [0.1, 0.15) is 18.2 Å². The molecule has 2 aromatic carbocycles. The van der Waals surface area contributed by atoms with Gasteiger partial charge in [-0.15, -0.1) is 0 Å². The fourth-order valence-electron chi connectivity index (χ4n) is 2.60. The largest absolute Gasteiger partial charge is 0.492 e. The van der Waals surface area contributed by atoms with E-state index in [4.69, 9.17) is 20.6 Å². The van der Waals surface area contributed by atoms with Crippen molar-refractivity contribution >= 4 is 16.6 Å². The Morgan fingerprint density at radius 3 is 2.68 bits per heavy atom. The molecule has 5 nitrogen and oxygen atoms in total. The molecule has 1 aliphatic rings. The second-order valence-corrected chi connectivity index (χ2v) is 5.44. The van der Waals surface area contributed by atoms with Crippen LogP contribution in [0.25, 0.3) is 10.8 Å². The van der Waals surface area contributed by atoms with Crippen LogP contribution in [-0.4, -0.2) is 50.2 Å². The Morgan fingerprint density at radius 2 is 1.91 bits per heavy atom. The molecule has 1 fully saturated rings. The van der Waals surface area contributed by atoms with E-state index in [1.807, 2.05) is 36.4 Å². The SMILES string of the molecule is N=C(N)c1ccc2ccc(OCCN3CCOCC3)cc2c1. The van der Waals surface area contributed by atoms with E-state index in [0.29, 0.717) is 6.61 Å². The van der Waals surface area contributed by atoms with E-state index in [9.17, 15) is 0 Å². The molecule has 1 aliphatic heterocycles. The molecule has 1 heterocycles. The maximum atomic E-state index is 7.52. The van der Waals surface area contributed by atoms with E-state index in [1.54, 1.807) is 0 Å². The maximum absolute atomic E-state index is 7.52. The summed E-state index contributed by atoms with van der Waals surface area (Å²) >= 11 is 0. The summed E-state index contributed by atoms with van der Waals surface area (Å²) in [6.45, 7) is 5.15. The van der Waals surface area contributed by atoms with Crippen molar-refractivity contribution in [2.45, 2.75) is 0 Å². The van der Waals surface area contributed by atoms with Crippen molar-refractivity contribution in [2.24, 2.45) is 5.73 Å². The highest BCUT2D eigenvalue weighted by Gasteiger charge is 2.09. The van der Waals surface area contributed by atoms with Gasteiger partial charge in [-0.25, -0.2) is 0 Å². The number of amidine groups is 1. The second kappa shape index (κ2) is 6.77. The number of nitrogens with two attached hydrogens (primary N) is 1. The van der Waals surface area contributed by atoms with Gasteiger partial charge in [0.05, 0.1) is 13.2 Å². The van der Waals surface area contributed by atoms with Crippen molar-refractivity contribution < 1.29 is 9.47 Å². The van der Waals surface area contributed by atoms with Crippen molar-refractivity contribution in [1.29, 1.82) is 5.41 Å². The predicted molar refractivity (Wildman–Crippen MR) is 87.7 cm³/mol. The average molecular weight is 299 g/mol. The van der Waals surface area contributed by atoms with E-state index >= 15 is 0 Å². The van der Waals surface area contributed by atoms with Crippen LogP contribution in [0.5, 0.6) is 5.75 Å². The van der Waals surface area contributed by atoms with Gasteiger partial charge >= 0.3 is 0 Å². The Hall–Kier alpha value is -2.11. The first-order chi connectivity index (χ1) is 10.7. The molecule has 0 saturated carbocycles. The smallest absolute Gasteiger partial charge is 0.122 e. The topological polar surface area (TPSA) is 71.6 Å². The second-order valence-electron chi connectivity index (χ2n) is 5.44. The van der Waals surface area contributed by atoms with Crippen LogP contribution in [0, 0.1) is 5.41 Å². The Labute approximate surface area is 130 Å². The lowest BCUT2D eigenvalue weighted by molar-refractivity contribution is 0.0322. The summed E-state index contributed by atoms with van der Waals surface area (Å²) < 4.78 is 11.2. The minimum atomic E-state index is 0.0838. The van der Waals surface area contributed by atoms with E-state index in [1.165, 1.54) is 0 Å². The van der Waals surface area contributed by atoms with E-state index in [-0.39, 0.29) is 5.84 Å². The molecule has 3 rings (SSSR count). The summed E-state index contributed by atoms with van der Waals surface area (Å²) in [5.74, 6) is 0.932. The van der Waals surface area contributed by atoms with Gasteiger partial charge in [-0.05, 0) is 29.0 Å². The summed E-state index contributed by atoms with van der Waals surface area (Å²) in [6.07, 6.45) is 0. The minimum Gasteiger partial charge on any atom is -0.492 e. The lowest BCUT2D eigenvalue weighted by Crippen LogP contribution is -2.38. The third-order valence-corrected chi connectivity index (χ3v) is 3.90. The number of benzene rings is 2. The van der Waals surface area contributed by atoms with Gasteiger partial charge in [0.15, 0.2) is 0 Å². The fraction of sp³-hybridized carbons (Fsp3) is 0.353. The molecule has 5 heteroatoms. The Morgan fingerprint density at radius 1 is 1.14 bits per heavy atom. The molecule has 0 unspecified atom stereocenters. The Bertz CT molecular complexity index is 666. The van der Waals surface area contributed by atoms with Crippen LogP contribution < -0.4 is 10.5 Å². The summed E-state index contributed by atoms with van der Waals surface area (Å²) in [5, 5.41) is 9.67. The average Bonchev–Trinajstić information content (AvgIpc) is 2.55. The van der Waals surface area contributed by atoms with Crippen molar-refractivity contribution in [3.05, 3.63) is 42.0 Å². The number of hydrogen-bond donors (Lipinski definition) is 2. The van der Waals surface area contributed by atoms with Crippen LogP contribution in [0.3, 0.4) is 0 Å². The molecule has 2 aromatic rings. The summed E-state index contributed by atoms with van der Waals surface area (Å²) in [6, 6.07) is 11.8. The number of nitrogen functional groups attached to an aromatic ring is 1. The van der Waals surface area contributed by atoms with Crippen molar-refractivity contribution in [1.82, 2.24) is 4.90 Å². The lowest BCUT2D eigenvalue weighted by atomic mass is 10.1. The van der Waals surface area contributed by atoms with E-state index < -0.39 is 0 Å². The predicted octanol–water partition coefficient (Wildman–Crippen LogP) is 1.83. The molecular weight excluding hydrogens is 278 g/mol. The first-order valence-corrected chi connectivity index (χ1v) is 7.53. The Balaban J connectivity index is 1.64. The quantitative estimate of drug-likeness (QED) is 0.653. The van der Waals surface area contributed by atoms with Crippen LogP contribution >= 0.6 is 0 Å². The van der Waals surface area contributed by atoms with Gasteiger partial charge < -0.3 is 15.2 Å². The van der Waals surface area contributed by atoms with E-state index in [2.05, 4.69) is 4.90 Å². The van der Waals surface area contributed by atoms with Gasteiger partial charge in [0.2, 0.25) is 0 Å². The van der Waals surface area contributed by atoms with Gasteiger partial charge in [-0.3, -0.25) is 10.3 Å². The molecule has 0 bridgehead atoms. The molecule has 0 radical (unpaired) electrons. The number of hydrogen-bond acceptors (Lipinski definition) is 4. The number of nitrogens with zero attached hydrogens (tertiary/aromatic N) is 1. The third kappa shape index (κ3) is 3.55. The van der Waals surface area contributed by atoms with Crippen LogP contribution in [0.4, 0.5) is 0 Å². The molecule has 0 amide bonds. The highest BCUT2D eigenvalue weighted by molar-refractivity contribution is 5.99.